The second-order valence-electron chi connectivity index (χ2n) is 7.95. The SMILES string of the molecule is Cc1ccc(-c2cc(-c3ccc(OCCCC(F)(F)F)cc3C(F)(F)F)[nH]c(=O)c2/C(N)=N/N)cc1. The number of ether oxygens (including phenoxy) is 1. The Morgan fingerprint density at radius 1 is 1.00 bits per heavy atom. The van der Waals surface area contributed by atoms with Gasteiger partial charge in [0.05, 0.1) is 17.7 Å². The van der Waals surface area contributed by atoms with Crippen LogP contribution in [0.15, 0.2) is 58.4 Å². The second-order valence-corrected chi connectivity index (χ2v) is 7.95. The first kappa shape index (κ1) is 26.6. The van der Waals surface area contributed by atoms with Crippen molar-refractivity contribution in [3.63, 3.8) is 0 Å². The molecule has 5 N–H and O–H groups in total. The third kappa shape index (κ3) is 6.37. The first-order valence-corrected chi connectivity index (χ1v) is 10.6. The highest BCUT2D eigenvalue weighted by atomic mass is 19.4. The molecule has 1 aromatic heterocycles. The quantitative estimate of drug-likeness (QED) is 0.0993. The van der Waals surface area contributed by atoms with E-state index >= 15 is 0 Å². The van der Waals surface area contributed by atoms with Gasteiger partial charge in [-0.05, 0) is 43.2 Å². The first-order valence-electron chi connectivity index (χ1n) is 10.6. The average molecular weight is 512 g/mol. The average Bonchev–Trinajstić information content (AvgIpc) is 2.80. The van der Waals surface area contributed by atoms with Crippen molar-refractivity contribution in [2.75, 3.05) is 6.61 Å². The lowest BCUT2D eigenvalue weighted by atomic mass is 9.95. The molecule has 0 saturated carbocycles. The Morgan fingerprint density at radius 2 is 1.67 bits per heavy atom. The number of nitrogens with one attached hydrogen (secondary N) is 1. The van der Waals surface area contributed by atoms with Crippen LogP contribution in [0, 0.1) is 6.92 Å². The lowest BCUT2D eigenvalue weighted by Gasteiger charge is -2.17. The van der Waals surface area contributed by atoms with Crippen LogP contribution in [0.1, 0.15) is 29.5 Å². The number of aryl methyl sites for hydroxylation is 1. The Kier molecular flexibility index (Phi) is 7.65. The summed E-state index contributed by atoms with van der Waals surface area (Å²) in [5.41, 5.74) is 4.81. The number of halogens is 6. The van der Waals surface area contributed by atoms with E-state index in [1.165, 1.54) is 12.1 Å². The molecule has 1 heterocycles. The van der Waals surface area contributed by atoms with Crippen molar-refractivity contribution in [1.29, 1.82) is 0 Å². The van der Waals surface area contributed by atoms with Gasteiger partial charge >= 0.3 is 12.4 Å². The van der Waals surface area contributed by atoms with Gasteiger partial charge in [0, 0.05) is 23.2 Å². The van der Waals surface area contributed by atoms with Crippen molar-refractivity contribution in [3.05, 3.63) is 75.6 Å². The summed E-state index contributed by atoms with van der Waals surface area (Å²) < 4.78 is 83.8. The number of hydrogen-bond donors (Lipinski definition) is 3. The molecule has 0 unspecified atom stereocenters. The van der Waals surface area contributed by atoms with E-state index in [-0.39, 0.29) is 34.0 Å². The lowest BCUT2D eigenvalue weighted by molar-refractivity contribution is -0.137. The number of amidine groups is 1. The smallest absolute Gasteiger partial charge is 0.417 e. The van der Waals surface area contributed by atoms with E-state index in [1.807, 2.05) is 6.92 Å². The molecule has 0 aliphatic carbocycles. The molecule has 3 rings (SSSR count). The van der Waals surface area contributed by atoms with Crippen LogP contribution in [0.5, 0.6) is 5.75 Å². The summed E-state index contributed by atoms with van der Waals surface area (Å²) in [6, 6.07) is 11.1. The topological polar surface area (TPSA) is 106 Å². The fourth-order valence-corrected chi connectivity index (χ4v) is 3.53. The summed E-state index contributed by atoms with van der Waals surface area (Å²) in [7, 11) is 0. The van der Waals surface area contributed by atoms with Gasteiger partial charge in [-0.1, -0.05) is 29.8 Å². The molecule has 6 nitrogen and oxygen atoms in total. The summed E-state index contributed by atoms with van der Waals surface area (Å²) in [4.78, 5) is 15.3. The minimum Gasteiger partial charge on any atom is -0.494 e. The molecule has 0 amide bonds. The van der Waals surface area contributed by atoms with Gasteiger partial charge in [0.1, 0.15) is 5.75 Å². The maximum absolute atomic E-state index is 13.9. The molecule has 36 heavy (non-hydrogen) atoms. The van der Waals surface area contributed by atoms with Gasteiger partial charge in [0.2, 0.25) is 0 Å². The normalized spacial score (nSPS) is 12.6. The van der Waals surface area contributed by atoms with Crippen LogP contribution >= 0.6 is 0 Å². The molecule has 0 fully saturated rings. The van der Waals surface area contributed by atoms with Crippen LogP contribution in [0.3, 0.4) is 0 Å². The summed E-state index contributed by atoms with van der Waals surface area (Å²) in [5, 5.41) is 3.35. The van der Waals surface area contributed by atoms with Crippen molar-refractivity contribution >= 4 is 5.84 Å². The van der Waals surface area contributed by atoms with Crippen molar-refractivity contribution in [1.82, 2.24) is 4.98 Å². The number of alkyl halides is 6. The molecule has 192 valence electrons. The van der Waals surface area contributed by atoms with Gasteiger partial charge in [-0.25, -0.2) is 0 Å². The van der Waals surface area contributed by atoms with E-state index in [0.29, 0.717) is 11.6 Å². The van der Waals surface area contributed by atoms with E-state index in [0.717, 1.165) is 11.6 Å². The standard InChI is InChI=1S/C24H22F6N4O2/c1-13-3-5-14(6-4-13)17-12-19(33-22(35)20(17)21(31)34-32)16-8-7-15(11-18(16)24(28,29)30)36-10-2-9-23(25,26)27/h3-8,11-12H,2,9-10,32H2,1H3,(H2,31,34)(H,33,35). The molecule has 0 saturated heterocycles. The Balaban J connectivity index is 2.10. The van der Waals surface area contributed by atoms with Gasteiger partial charge in [-0.2, -0.15) is 31.4 Å². The fraction of sp³-hybridized carbons (Fsp3) is 0.250. The molecule has 2 aromatic carbocycles. The van der Waals surface area contributed by atoms with Crippen LogP contribution in [-0.4, -0.2) is 23.6 Å². The Hall–Kier alpha value is -3.96. The van der Waals surface area contributed by atoms with Crippen LogP contribution in [0.25, 0.3) is 22.4 Å². The zero-order valence-corrected chi connectivity index (χ0v) is 18.9. The number of H-pyrrole nitrogens is 1. The van der Waals surface area contributed by atoms with Crippen molar-refractivity contribution < 1.29 is 31.1 Å². The van der Waals surface area contributed by atoms with E-state index in [1.54, 1.807) is 24.3 Å². The molecule has 3 aromatic rings. The summed E-state index contributed by atoms with van der Waals surface area (Å²) in [5.74, 6) is 4.68. The molecular weight excluding hydrogens is 490 g/mol. The second kappa shape index (κ2) is 10.3. The molecule has 0 radical (unpaired) electrons. The number of hydrazone groups is 1. The highest BCUT2D eigenvalue weighted by Crippen LogP contribution is 2.39. The third-order valence-electron chi connectivity index (χ3n) is 5.25. The maximum Gasteiger partial charge on any atom is 0.417 e. The van der Waals surface area contributed by atoms with Crippen molar-refractivity contribution in [2.45, 2.75) is 32.1 Å². The zero-order chi connectivity index (χ0) is 26.7. The predicted molar refractivity (Wildman–Crippen MR) is 123 cm³/mol. The summed E-state index contributed by atoms with van der Waals surface area (Å²) in [6.45, 7) is 1.42. The number of nitrogens with two attached hydrogens (primary N) is 2. The molecule has 0 aliphatic heterocycles. The highest BCUT2D eigenvalue weighted by Gasteiger charge is 2.35. The molecule has 0 bridgehead atoms. The molecule has 0 atom stereocenters. The van der Waals surface area contributed by atoms with Gasteiger partial charge in [-0.3, -0.25) is 4.79 Å². The van der Waals surface area contributed by atoms with Crippen molar-refractivity contribution in [2.24, 2.45) is 16.7 Å². The largest absolute Gasteiger partial charge is 0.494 e. The van der Waals surface area contributed by atoms with Crippen LogP contribution in [-0.2, 0) is 6.18 Å². The monoisotopic (exact) mass is 512 g/mol. The lowest BCUT2D eigenvalue weighted by Crippen LogP contribution is -2.27. The number of aromatic amines is 1. The number of hydrogen-bond acceptors (Lipinski definition) is 4. The third-order valence-corrected chi connectivity index (χ3v) is 5.25. The molecule has 12 heteroatoms. The number of aromatic nitrogens is 1. The van der Waals surface area contributed by atoms with Gasteiger partial charge in [0.15, 0.2) is 5.84 Å². The van der Waals surface area contributed by atoms with Crippen LogP contribution < -0.4 is 21.9 Å². The van der Waals surface area contributed by atoms with Gasteiger partial charge < -0.3 is 21.3 Å². The Labute approximate surface area is 201 Å². The Morgan fingerprint density at radius 3 is 2.25 bits per heavy atom. The highest BCUT2D eigenvalue weighted by molar-refractivity contribution is 6.03. The molecular formula is C24H22F6N4O2. The minimum absolute atomic E-state index is 0.108. The van der Waals surface area contributed by atoms with E-state index in [4.69, 9.17) is 16.3 Å². The van der Waals surface area contributed by atoms with Gasteiger partial charge in [-0.15, -0.1) is 0 Å². The van der Waals surface area contributed by atoms with Gasteiger partial charge in [0.25, 0.3) is 5.56 Å². The van der Waals surface area contributed by atoms with Crippen LogP contribution in [0.4, 0.5) is 26.3 Å². The Bertz CT molecular complexity index is 1310. The maximum atomic E-state index is 13.9. The molecule has 0 aliphatic rings. The number of rotatable bonds is 7. The first-order chi connectivity index (χ1) is 16.8. The van der Waals surface area contributed by atoms with Crippen LogP contribution in [0.2, 0.25) is 0 Å². The minimum atomic E-state index is -4.86. The van der Waals surface area contributed by atoms with E-state index in [9.17, 15) is 31.1 Å². The van der Waals surface area contributed by atoms with E-state index < -0.39 is 42.9 Å². The number of nitrogens with zero attached hydrogens (tertiary/aromatic N) is 1. The number of pyridine rings is 1. The summed E-state index contributed by atoms with van der Waals surface area (Å²) in [6.07, 6.45) is -10.8. The molecule has 0 spiro atoms. The summed E-state index contributed by atoms with van der Waals surface area (Å²) >= 11 is 0. The fourth-order valence-electron chi connectivity index (χ4n) is 3.53. The number of benzene rings is 2. The van der Waals surface area contributed by atoms with Crippen molar-refractivity contribution in [3.8, 4) is 28.1 Å². The zero-order valence-electron chi connectivity index (χ0n) is 18.9. The van der Waals surface area contributed by atoms with E-state index in [2.05, 4.69) is 10.1 Å². The predicted octanol–water partition coefficient (Wildman–Crippen LogP) is 5.34.